The standard InChI is InChI=1S/C18H17F4N3O5S2/c1-24-15-9-11(12-5-4-6-14(19)16(12)30-10-18(20,21)22)7-8-13(15)17(23-24)25(31(2,26)27)32(3,28)29/h4-9H,10H2,1-3H3. The zero-order chi connectivity index (χ0) is 24.1. The largest absolute Gasteiger partial charge is 0.480 e. The van der Waals surface area contributed by atoms with E-state index >= 15 is 0 Å². The molecule has 3 rings (SSSR count). The molecule has 14 heteroatoms. The monoisotopic (exact) mass is 495 g/mol. The number of rotatable bonds is 6. The quantitative estimate of drug-likeness (QED) is 0.488. The van der Waals surface area contributed by atoms with Gasteiger partial charge in [-0.05, 0) is 23.8 Å². The van der Waals surface area contributed by atoms with E-state index in [0.717, 1.165) is 6.07 Å². The SMILES string of the molecule is Cn1nc(N(S(C)(=O)=O)S(C)(=O)=O)c2ccc(-c3cccc(F)c3OCC(F)(F)F)cc21. The molecule has 0 bridgehead atoms. The van der Waals surface area contributed by atoms with Crippen LogP contribution < -0.4 is 8.45 Å². The van der Waals surface area contributed by atoms with Gasteiger partial charge in [-0.2, -0.15) is 18.3 Å². The molecule has 0 aliphatic carbocycles. The van der Waals surface area contributed by atoms with Crippen LogP contribution in [0.1, 0.15) is 0 Å². The summed E-state index contributed by atoms with van der Waals surface area (Å²) in [5.41, 5.74) is 0.511. The van der Waals surface area contributed by atoms with Crippen LogP contribution in [-0.4, -0.2) is 51.9 Å². The molecule has 0 fully saturated rings. The molecule has 0 spiro atoms. The van der Waals surface area contributed by atoms with Gasteiger partial charge in [0.05, 0.1) is 18.0 Å². The molecule has 3 aromatic rings. The van der Waals surface area contributed by atoms with Crippen LogP contribution in [0.4, 0.5) is 23.4 Å². The number of hydrogen-bond acceptors (Lipinski definition) is 6. The summed E-state index contributed by atoms with van der Waals surface area (Å²) in [4.78, 5) is 0. The number of benzene rings is 2. The van der Waals surface area contributed by atoms with Crippen LogP contribution in [0.5, 0.6) is 5.75 Å². The van der Waals surface area contributed by atoms with Crippen molar-refractivity contribution in [1.29, 1.82) is 0 Å². The van der Waals surface area contributed by atoms with Crippen molar-refractivity contribution >= 4 is 36.8 Å². The van der Waals surface area contributed by atoms with E-state index in [1.165, 1.54) is 42.1 Å². The predicted molar refractivity (Wildman–Crippen MR) is 110 cm³/mol. The second-order valence-electron chi connectivity index (χ2n) is 6.92. The van der Waals surface area contributed by atoms with E-state index in [4.69, 9.17) is 0 Å². The maximum absolute atomic E-state index is 14.2. The summed E-state index contributed by atoms with van der Waals surface area (Å²) < 4.78 is 106. The van der Waals surface area contributed by atoms with Crippen molar-refractivity contribution in [3.8, 4) is 16.9 Å². The van der Waals surface area contributed by atoms with Gasteiger partial charge in [0.25, 0.3) is 0 Å². The number of halogens is 4. The van der Waals surface area contributed by atoms with Gasteiger partial charge in [0, 0.05) is 18.0 Å². The first-order valence-electron chi connectivity index (χ1n) is 8.75. The summed E-state index contributed by atoms with van der Waals surface area (Å²) in [6.07, 6.45) is -3.26. The first kappa shape index (κ1) is 23.8. The van der Waals surface area contributed by atoms with Gasteiger partial charge in [0.15, 0.2) is 24.0 Å². The second kappa shape index (κ2) is 7.92. The fourth-order valence-corrected chi connectivity index (χ4v) is 6.00. The second-order valence-corrected chi connectivity index (χ2v) is 10.8. The number of anilines is 1. The average Bonchev–Trinajstić information content (AvgIpc) is 2.93. The number of sulfonamides is 2. The van der Waals surface area contributed by atoms with E-state index in [1.807, 2.05) is 0 Å². The summed E-state index contributed by atoms with van der Waals surface area (Å²) in [5, 5.41) is 4.14. The summed E-state index contributed by atoms with van der Waals surface area (Å²) in [6.45, 7) is -1.70. The average molecular weight is 495 g/mol. The van der Waals surface area contributed by atoms with Crippen molar-refractivity contribution < 1.29 is 39.1 Å². The van der Waals surface area contributed by atoms with Gasteiger partial charge in [-0.25, -0.2) is 21.2 Å². The van der Waals surface area contributed by atoms with Crippen LogP contribution in [0.2, 0.25) is 0 Å². The van der Waals surface area contributed by atoms with Crippen LogP contribution in [-0.2, 0) is 27.1 Å². The Bertz CT molecular complexity index is 1370. The fourth-order valence-electron chi connectivity index (χ4n) is 3.14. The molecule has 0 saturated carbocycles. The zero-order valence-corrected chi connectivity index (χ0v) is 18.5. The molecular formula is C18H17F4N3O5S2. The van der Waals surface area contributed by atoms with Crippen molar-refractivity contribution in [2.24, 2.45) is 7.05 Å². The molecular weight excluding hydrogens is 478 g/mol. The van der Waals surface area contributed by atoms with Crippen LogP contribution in [0.3, 0.4) is 0 Å². The van der Waals surface area contributed by atoms with Gasteiger partial charge >= 0.3 is 6.18 Å². The molecule has 0 N–H and O–H groups in total. The molecule has 0 saturated heterocycles. The highest BCUT2D eigenvalue weighted by Gasteiger charge is 2.32. The van der Waals surface area contributed by atoms with Crippen LogP contribution >= 0.6 is 0 Å². The molecule has 0 unspecified atom stereocenters. The summed E-state index contributed by atoms with van der Waals surface area (Å²) in [7, 11) is -7.09. The highest BCUT2D eigenvalue weighted by Crippen LogP contribution is 2.37. The predicted octanol–water partition coefficient (Wildman–Crippen LogP) is 3.05. The molecule has 8 nitrogen and oxygen atoms in total. The lowest BCUT2D eigenvalue weighted by Crippen LogP contribution is -2.35. The summed E-state index contributed by atoms with van der Waals surface area (Å²) in [6, 6.07) is 7.71. The first-order chi connectivity index (χ1) is 14.6. The Morgan fingerprint density at radius 3 is 2.25 bits per heavy atom. The zero-order valence-electron chi connectivity index (χ0n) is 16.9. The van der Waals surface area contributed by atoms with Crippen molar-refractivity contribution in [2.45, 2.75) is 6.18 Å². The number of para-hydroxylation sites is 1. The van der Waals surface area contributed by atoms with Crippen LogP contribution in [0.25, 0.3) is 22.0 Å². The third-order valence-corrected chi connectivity index (χ3v) is 7.44. The van der Waals surface area contributed by atoms with Crippen molar-refractivity contribution in [3.05, 3.63) is 42.2 Å². The first-order valence-corrected chi connectivity index (χ1v) is 12.4. The van der Waals surface area contributed by atoms with Gasteiger partial charge in [0.1, 0.15) is 0 Å². The number of alkyl halides is 3. The Balaban J connectivity index is 2.18. The minimum Gasteiger partial charge on any atom is -0.480 e. The van der Waals surface area contributed by atoms with Crippen molar-refractivity contribution in [3.63, 3.8) is 0 Å². The maximum atomic E-state index is 14.2. The highest BCUT2D eigenvalue weighted by atomic mass is 32.3. The van der Waals surface area contributed by atoms with Gasteiger partial charge < -0.3 is 4.74 Å². The molecule has 0 aliphatic rings. The van der Waals surface area contributed by atoms with Gasteiger partial charge in [-0.1, -0.05) is 18.2 Å². The Kier molecular flexibility index (Phi) is 5.89. The normalized spacial score (nSPS) is 12.8. The molecule has 32 heavy (non-hydrogen) atoms. The summed E-state index contributed by atoms with van der Waals surface area (Å²) >= 11 is 0. The molecule has 0 atom stereocenters. The lowest BCUT2D eigenvalue weighted by molar-refractivity contribution is -0.153. The lowest BCUT2D eigenvalue weighted by atomic mass is 10.0. The fraction of sp³-hybridized carbons (Fsp3) is 0.278. The van der Waals surface area contributed by atoms with E-state index in [-0.39, 0.29) is 31.6 Å². The number of ether oxygens (including phenoxy) is 1. The van der Waals surface area contributed by atoms with Gasteiger partial charge in [0.2, 0.25) is 20.0 Å². The maximum Gasteiger partial charge on any atom is 0.422 e. The van der Waals surface area contributed by atoms with Gasteiger partial charge in [-0.15, -0.1) is 3.71 Å². The minimum atomic E-state index is -4.68. The molecule has 2 aromatic carbocycles. The smallest absolute Gasteiger partial charge is 0.422 e. The van der Waals surface area contributed by atoms with E-state index in [1.54, 1.807) is 0 Å². The molecule has 0 radical (unpaired) electrons. The number of aromatic nitrogens is 2. The van der Waals surface area contributed by atoms with E-state index in [2.05, 4.69) is 9.84 Å². The van der Waals surface area contributed by atoms with E-state index in [9.17, 15) is 34.4 Å². The Morgan fingerprint density at radius 2 is 1.69 bits per heavy atom. The Morgan fingerprint density at radius 1 is 1.06 bits per heavy atom. The van der Waals surface area contributed by atoms with Gasteiger partial charge in [-0.3, -0.25) is 4.68 Å². The van der Waals surface area contributed by atoms with Crippen LogP contribution in [0.15, 0.2) is 36.4 Å². The molecule has 1 heterocycles. The number of nitrogens with zero attached hydrogens (tertiary/aromatic N) is 3. The third-order valence-electron chi connectivity index (χ3n) is 4.27. The van der Waals surface area contributed by atoms with E-state index < -0.39 is 44.4 Å². The minimum absolute atomic E-state index is 0.0157. The van der Waals surface area contributed by atoms with Crippen LogP contribution in [0, 0.1) is 5.82 Å². The highest BCUT2D eigenvalue weighted by molar-refractivity contribution is 8.09. The third kappa shape index (κ3) is 4.80. The lowest BCUT2D eigenvalue weighted by Gasteiger charge is -2.17. The topological polar surface area (TPSA) is 98.6 Å². The van der Waals surface area contributed by atoms with Crippen molar-refractivity contribution in [1.82, 2.24) is 9.78 Å². The molecule has 0 aliphatic heterocycles. The molecule has 0 amide bonds. The molecule has 174 valence electrons. The Labute approximate surface area is 181 Å². The Hall–Kier alpha value is -2.87. The number of fused-ring (bicyclic) bond motifs is 1. The van der Waals surface area contributed by atoms with E-state index in [0.29, 0.717) is 12.5 Å². The number of aryl methyl sites for hydroxylation is 1. The van der Waals surface area contributed by atoms with Crippen molar-refractivity contribution in [2.75, 3.05) is 22.8 Å². The summed E-state index contributed by atoms with van der Waals surface area (Å²) in [5.74, 6) is -1.98. The molecule has 1 aromatic heterocycles. The number of hydrogen-bond donors (Lipinski definition) is 0.